The Morgan fingerprint density at radius 2 is 2.00 bits per heavy atom. The average molecular weight is 517 g/mol. The van der Waals surface area contributed by atoms with E-state index in [-0.39, 0.29) is 35.9 Å². The van der Waals surface area contributed by atoms with Crippen LogP contribution in [0.3, 0.4) is 0 Å². The van der Waals surface area contributed by atoms with E-state index in [1.807, 2.05) is 12.1 Å². The number of nitrogens with one attached hydrogen (secondary N) is 3. The number of imidazole rings is 1. The largest absolute Gasteiger partial charge is 0.493 e. The Bertz CT molecular complexity index is 1640. The van der Waals surface area contributed by atoms with Gasteiger partial charge in [-0.1, -0.05) is 12.1 Å². The monoisotopic (exact) mass is 516 g/mol. The van der Waals surface area contributed by atoms with Crippen LogP contribution in [0.15, 0.2) is 46.3 Å². The van der Waals surface area contributed by atoms with Crippen molar-refractivity contribution in [2.75, 3.05) is 18.4 Å². The summed E-state index contributed by atoms with van der Waals surface area (Å²) in [5.74, 6) is 0.402. The fraction of sp³-hybridized carbons (Fsp3) is 0.407. The van der Waals surface area contributed by atoms with Gasteiger partial charge in [0.1, 0.15) is 11.5 Å². The number of aromatic hydroxyl groups is 1. The van der Waals surface area contributed by atoms with Crippen LogP contribution >= 0.6 is 0 Å². The van der Waals surface area contributed by atoms with E-state index in [4.69, 9.17) is 14.7 Å². The van der Waals surface area contributed by atoms with Gasteiger partial charge in [0, 0.05) is 36.1 Å². The van der Waals surface area contributed by atoms with Crippen LogP contribution in [0.25, 0.3) is 11.7 Å². The Labute approximate surface area is 218 Å². The molecular weight excluding hydrogens is 484 g/mol. The molecule has 0 spiro atoms. The number of ether oxygens (including phenoxy) is 1. The molecule has 0 radical (unpaired) electrons. The van der Waals surface area contributed by atoms with Crippen molar-refractivity contribution in [2.24, 2.45) is 4.99 Å². The number of benzene rings is 1. The molecule has 4 aromatic rings. The Kier molecular flexibility index (Phi) is 6.24. The number of fused-ring (bicyclic) bond motifs is 1. The van der Waals surface area contributed by atoms with E-state index in [0.29, 0.717) is 22.2 Å². The predicted octanol–water partition coefficient (Wildman–Crippen LogP) is 1.98. The summed E-state index contributed by atoms with van der Waals surface area (Å²) >= 11 is 0. The molecule has 3 aromatic heterocycles. The van der Waals surface area contributed by atoms with Crippen LogP contribution in [0, 0.1) is 0 Å². The molecule has 6 rings (SSSR count). The van der Waals surface area contributed by atoms with Crippen molar-refractivity contribution in [2.45, 2.75) is 57.9 Å². The van der Waals surface area contributed by atoms with Gasteiger partial charge in [-0.3, -0.25) is 14.9 Å². The maximum atomic E-state index is 11.6. The van der Waals surface area contributed by atoms with E-state index in [1.165, 1.54) is 5.56 Å². The summed E-state index contributed by atoms with van der Waals surface area (Å²) in [5.41, 5.74) is 3.18. The molecule has 2 aliphatic rings. The van der Waals surface area contributed by atoms with Crippen molar-refractivity contribution >= 4 is 23.2 Å². The summed E-state index contributed by atoms with van der Waals surface area (Å²) in [7, 11) is 0. The molecule has 4 N–H and O–H groups in total. The van der Waals surface area contributed by atoms with E-state index in [2.05, 4.69) is 64.3 Å². The molecule has 1 aliphatic heterocycles. The first-order chi connectivity index (χ1) is 18.3. The minimum atomic E-state index is -0.486. The highest BCUT2D eigenvalue weighted by Gasteiger charge is 2.26. The van der Waals surface area contributed by atoms with E-state index in [0.717, 1.165) is 31.6 Å². The minimum absolute atomic E-state index is 0.208. The van der Waals surface area contributed by atoms with Crippen LogP contribution in [0.4, 0.5) is 11.5 Å². The molecule has 2 fully saturated rings. The third kappa shape index (κ3) is 5.07. The quantitative estimate of drug-likeness (QED) is 0.308. The number of aromatic nitrogens is 5. The second-order valence-corrected chi connectivity index (χ2v) is 10.3. The summed E-state index contributed by atoms with van der Waals surface area (Å²) in [5, 5.41) is 18.6. The van der Waals surface area contributed by atoms with Gasteiger partial charge in [0.05, 0.1) is 24.4 Å². The fourth-order valence-electron chi connectivity index (χ4n) is 5.03. The molecule has 0 amide bonds. The molecule has 198 valence electrons. The summed E-state index contributed by atoms with van der Waals surface area (Å²) in [6, 6.07) is 10.8. The highest BCUT2D eigenvalue weighted by molar-refractivity contribution is 5.61. The van der Waals surface area contributed by atoms with Gasteiger partial charge in [0.25, 0.3) is 0 Å². The second kappa shape index (κ2) is 9.73. The van der Waals surface area contributed by atoms with Crippen LogP contribution in [0.1, 0.15) is 50.9 Å². The second-order valence-electron chi connectivity index (χ2n) is 10.3. The zero-order valence-corrected chi connectivity index (χ0v) is 21.7. The van der Waals surface area contributed by atoms with Gasteiger partial charge in [-0.25, -0.2) is 9.78 Å². The maximum absolute atomic E-state index is 11.6. The summed E-state index contributed by atoms with van der Waals surface area (Å²) < 4.78 is 7.61. The lowest BCUT2D eigenvalue weighted by atomic mass is 10.0. The van der Waals surface area contributed by atoms with E-state index < -0.39 is 5.69 Å². The van der Waals surface area contributed by atoms with Crippen LogP contribution in [0.5, 0.6) is 5.88 Å². The molecule has 1 aromatic carbocycles. The first-order valence-corrected chi connectivity index (χ1v) is 13.0. The van der Waals surface area contributed by atoms with Crippen LogP contribution in [-0.2, 0) is 4.74 Å². The van der Waals surface area contributed by atoms with Gasteiger partial charge in [0.15, 0.2) is 11.1 Å². The zero-order chi connectivity index (χ0) is 26.4. The van der Waals surface area contributed by atoms with Gasteiger partial charge in [0.2, 0.25) is 5.88 Å². The van der Waals surface area contributed by atoms with Gasteiger partial charge < -0.3 is 20.1 Å². The average Bonchev–Trinajstić information content (AvgIpc) is 3.51. The molecule has 1 saturated carbocycles. The van der Waals surface area contributed by atoms with Crippen molar-refractivity contribution in [3.8, 4) is 5.88 Å². The van der Waals surface area contributed by atoms with E-state index in [9.17, 15) is 9.90 Å². The SMILES string of the molecule is CC1CN(C(C)c2cccc(Nc3cc(=NC4CC4)n4nc/c(=C/c5[nH]c(=O)[nH]c5O)c4n3)c2)CC(C)O1. The molecule has 0 bridgehead atoms. The van der Waals surface area contributed by atoms with Crippen LogP contribution in [0.2, 0.25) is 0 Å². The van der Waals surface area contributed by atoms with Crippen molar-refractivity contribution in [1.82, 2.24) is 29.5 Å². The standard InChI is InChI=1S/C27H32N8O3/c1-15-13-34(14-16(2)38-15)17(3)18-5-4-6-21(9-18)29-23-11-24(30-20-7-8-20)35-25(32-23)19(12-28-35)10-22-26(36)33-27(37)31-22/h4-6,9-12,15-17,20,29,36H,7-8,13-14H2,1-3H3,(H2,31,33,37)/b19-10-,30-24?. The number of anilines is 2. The molecule has 4 heterocycles. The van der Waals surface area contributed by atoms with Crippen molar-refractivity contribution in [3.05, 3.63) is 69.0 Å². The van der Waals surface area contributed by atoms with Crippen molar-refractivity contribution < 1.29 is 9.84 Å². The summed E-state index contributed by atoms with van der Waals surface area (Å²) in [6.07, 6.45) is 5.82. The van der Waals surface area contributed by atoms with Crippen molar-refractivity contribution in [3.63, 3.8) is 0 Å². The van der Waals surface area contributed by atoms with E-state index >= 15 is 0 Å². The molecular formula is C27H32N8O3. The number of morpholine rings is 1. The van der Waals surface area contributed by atoms with Crippen molar-refractivity contribution in [1.29, 1.82) is 0 Å². The van der Waals surface area contributed by atoms with Gasteiger partial charge in [-0.05, 0) is 57.4 Å². The number of hydrogen-bond acceptors (Lipinski definition) is 8. The third-order valence-corrected chi connectivity index (χ3v) is 7.01. The van der Waals surface area contributed by atoms with Gasteiger partial charge in [-0.2, -0.15) is 9.61 Å². The zero-order valence-electron chi connectivity index (χ0n) is 21.7. The number of rotatable bonds is 6. The third-order valence-electron chi connectivity index (χ3n) is 7.01. The normalized spacial score (nSPS) is 22.3. The molecule has 38 heavy (non-hydrogen) atoms. The highest BCUT2D eigenvalue weighted by atomic mass is 16.5. The summed E-state index contributed by atoms with van der Waals surface area (Å²) in [6.45, 7) is 8.27. The van der Waals surface area contributed by atoms with Crippen LogP contribution < -0.4 is 21.7 Å². The lowest BCUT2D eigenvalue weighted by Gasteiger charge is -2.39. The highest BCUT2D eigenvalue weighted by Crippen LogP contribution is 2.27. The number of hydrogen-bond donors (Lipinski definition) is 4. The molecule has 1 saturated heterocycles. The van der Waals surface area contributed by atoms with Crippen LogP contribution in [-0.4, -0.2) is 65.9 Å². The smallest absolute Gasteiger partial charge is 0.326 e. The molecule has 11 nitrogen and oxygen atoms in total. The van der Waals surface area contributed by atoms with Gasteiger partial charge in [-0.15, -0.1) is 0 Å². The Morgan fingerprint density at radius 3 is 2.71 bits per heavy atom. The lowest BCUT2D eigenvalue weighted by molar-refractivity contribution is -0.0789. The maximum Gasteiger partial charge on any atom is 0.326 e. The molecule has 3 unspecified atom stereocenters. The minimum Gasteiger partial charge on any atom is -0.493 e. The topological polar surface area (TPSA) is 136 Å². The number of aromatic amines is 2. The Balaban J connectivity index is 1.35. The molecule has 1 aliphatic carbocycles. The predicted molar refractivity (Wildman–Crippen MR) is 143 cm³/mol. The lowest BCUT2D eigenvalue weighted by Crippen LogP contribution is -2.46. The number of H-pyrrole nitrogens is 2. The Morgan fingerprint density at radius 1 is 1.21 bits per heavy atom. The molecule has 11 heteroatoms. The Hall–Kier alpha value is -3.96. The summed E-state index contributed by atoms with van der Waals surface area (Å²) in [4.78, 5) is 28.6. The van der Waals surface area contributed by atoms with E-state index in [1.54, 1.807) is 16.8 Å². The fourth-order valence-corrected chi connectivity index (χ4v) is 5.03. The number of nitrogens with zero attached hydrogens (tertiary/aromatic N) is 5. The first kappa shape index (κ1) is 24.4. The molecule has 3 atom stereocenters. The first-order valence-electron chi connectivity index (χ1n) is 13.0. The van der Waals surface area contributed by atoms with Gasteiger partial charge >= 0.3 is 5.69 Å².